The zero-order valence-electron chi connectivity index (χ0n) is 22.4. The van der Waals surface area contributed by atoms with Crippen LogP contribution in [-0.4, -0.2) is 32.8 Å². The number of nitrogens with zero attached hydrogens (tertiary/aromatic N) is 2. The highest BCUT2D eigenvalue weighted by Crippen LogP contribution is 2.32. The maximum Gasteiger partial charge on any atom is 0.435 e. The molecule has 1 aromatic heterocycles. The van der Waals surface area contributed by atoms with Gasteiger partial charge in [-0.25, -0.2) is 9.18 Å². The van der Waals surface area contributed by atoms with Gasteiger partial charge in [-0.05, 0) is 58.3 Å². The van der Waals surface area contributed by atoms with Crippen molar-refractivity contribution in [1.82, 2.24) is 15.1 Å². The number of carbonyl (C=O) groups is 2. The Hall–Kier alpha value is -2.65. The number of ketones is 1. The van der Waals surface area contributed by atoms with Gasteiger partial charge in [-0.1, -0.05) is 40.2 Å². The number of carbonyl (C=O) groups excluding carboxylic acids is 2. The number of alkyl halides is 3. The van der Waals surface area contributed by atoms with Crippen molar-refractivity contribution in [3.8, 4) is 0 Å². The molecule has 1 heterocycles. The van der Waals surface area contributed by atoms with Gasteiger partial charge in [0.05, 0.1) is 17.8 Å². The summed E-state index contributed by atoms with van der Waals surface area (Å²) in [6.45, 7) is 16.8. The third kappa shape index (κ3) is 11.6. The number of hydrogen-bond acceptors (Lipinski definition) is 4. The first-order chi connectivity index (χ1) is 15.8. The first kappa shape index (κ1) is 32.4. The maximum atomic E-state index is 14.2. The quantitative estimate of drug-likeness (QED) is 0.232. The lowest BCUT2D eigenvalue weighted by molar-refractivity contribution is -0.141. The Balaban J connectivity index is 0.00000562. The van der Waals surface area contributed by atoms with Gasteiger partial charge in [0.25, 0.3) is 0 Å². The number of alkyl carbamates (subject to hydrolysis) is 1. The summed E-state index contributed by atoms with van der Waals surface area (Å²) in [6.07, 6.45) is -2.34. The first-order valence-corrected chi connectivity index (χ1v) is 11.6. The highest BCUT2D eigenvalue weighted by atomic mass is 19.4. The topological polar surface area (TPSA) is 73.2 Å². The van der Waals surface area contributed by atoms with Crippen LogP contribution in [0.25, 0.3) is 5.57 Å². The monoisotopic (exact) mass is 505 g/mol. The molecule has 0 spiro atoms. The molecule has 0 saturated carbocycles. The Labute approximate surface area is 205 Å². The van der Waals surface area contributed by atoms with Gasteiger partial charge in [0, 0.05) is 6.92 Å². The van der Waals surface area contributed by atoms with E-state index in [0.29, 0.717) is 6.42 Å². The van der Waals surface area contributed by atoms with Gasteiger partial charge in [0.15, 0.2) is 17.3 Å². The normalized spacial score (nSPS) is 14.1. The van der Waals surface area contributed by atoms with E-state index in [0.717, 1.165) is 23.7 Å². The molecule has 0 bridgehead atoms. The van der Waals surface area contributed by atoms with Gasteiger partial charge >= 0.3 is 12.3 Å². The van der Waals surface area contributed by atoms with Crippen molar-refractivity contribution in [1.29, 1.82) is 0 Å². The number of nitrogens with one attached hydrogen (secondary N) is 1. The molecule has 1 aromatic rings. The highest BCUT2D eigenvalue weighted by Gasteiger charge is 2.36. The molecule has 0 aromatic carbocycles. The van der Waals surface area contributed by atoms with Gasteiger partial charge in [0.2, 0.25) is 0 Å². The number of rotatable bonds is 8. The van der Waals surface area contributed by atoms with Gasteiger partial charge in [0.1, 0.15) is 5.60 Å². The van der Waals surface area contributed by atoms with E-state index >= 15 is 0 Å². The van der Waals surface area contributed by atoms with Crippen molar-refractivity contribution in [3.63, 3.8) is 0 Å². The van der Waals surface area contributed by atoms with E-state index in [9.17, 15) is 27.2 Å². The highest BCUT2D eigenvalue weighted by molar-refractivity contribution is 5.94. The van der Waals surface area contributed by atoms with Crippen LogP contribution in [0, 0.1) is 5.92 Å². The maximum absolute atomic E-state index is 14.2. The molecular formula is C25H39F4N3O3. The molecule has 0 saturated heterocycles. The molecule has 1 rings (SSSR count). The zero-order chi connectivity index (χ0) is 27.8. The second kappa shape index (κ2) is 12.9. The third-order valence-corrected chi connectivity index (χ3v) is 4.48. The van der Waals surface area contributed by atoms with E-state index < -0.39 is 40.7 Å². The number of hydrogen-bond donors (Lipinski definition) is 1. The van der Waals surface area contributed by atoms with E-state index in [1.165, 1.54) is 0 Å². The van der Waals surface area contributed by atoms with E-state index in [1.807, 2.05) is 27.7 Å². The van der Waals surface area contributed by atoms with Crippen molar-refractivity contribution < 1.29 is 31.9 Å². The molecule has 35 heavy (non-hydrogen) atoms. The van der Waals surface area contributed by atoms with Crippen LogP contribution in [0.4, 0.5) is 22.4 Å². The van der Waals surface area contributed by atoms with E-state index in [-0.39, 0.29) is 23.7 Å². The molecule has 0 aliphatic rings. The van der Waals surface area contributed by atoms with E-state index in [1.54, 1.807) is 40.7 Å². The fraction of sp³-hybridized carbons (Fsp3) is 0.640. The number of aromatic nitrogens is 2. The SMILES string of the molecule is CC.CCC(C)/C=C(\C=C(\F)C(C)=O)c1cc(C(F)(F)F)nn1CC(C)(C)NC(=O)OC(C)(C)C. The predicted molar refractivity (Wildman–Crippen MR) is 129 cm³/mol. The van der Waals surface area contributed by atoms with Crippen LogP contribution in [-0.2, 0) is 22.3 Å². The summed E-state index contributed by atoms with van der Waals surface area (Å²) in [4.78, 5) is 23.6. The summed E-state index contributed by atoms with van der Waals surface area (Å²) < 4.78 is 60.9. The van der Waals surface area contributed by atoms with Crippen LogP contribution in [0.3, 0.4) is 0 Å². The van der Waals surface area contributed by atoms with Crippen molar-refractivity contribution in [2.75, 3.05) is 0 Å². The summed E-state index contributed by atoms with van der Waals surface area (Å²) in [5.74, 6) is -2.04. The molecule has 1 unspecified atom stereocenters. The predicted octanol–water partition coefficient (Wildman–Crippen LogP) is 7.10. The zero-order valence-corrected chi connectivity index (χ0v) is 22.4. The average molecular weight is 506 g/mol. The fourth-order valence-corrected chi connectivity index (χ4v) is 2.77. The molecule has 10 heteroatoms. The molecule has 0 aliphatic carbocycles. The van der Waals surface area contributed by atoms with Crippen molar-refractivity contribution in [3.05, 3.63) is 35.4 Å². The second-order valence-corrected chi connectivity index (χ2v) is 9.64. The van der Waals surface area contributed by atoms with Crippen molar-refractivity contribution >= 4 is 17.4 Å². The number of ether oxygens (including phenoxy) is 1. The largest absolute Gasteiger partial charge is 0.444 e. The van der Waals surface area contributed by atoms with Gasteiger partial charge in [-0.2, -0.15) is 18.3 Å². The minimum Gasteiger partial charge on any atom is -0.444 e. The average Bonchev–Trinajstić information content (AvgIpc) is 3.09. The summed E-state index contributed by atoms with van der Waals surface area (Å²) in [5, 5.41) is 6.30. The van der Waals surface area contributed by atoms with Crippen LogP contribution in [0.2, 0.25) is 0 Å². The Kier molecular flexibility index (Phi) is 11.9. The Morgan fingerprint density at radius 3 is 2.14 bits per heavy atom. The van der Waals surface area contributed by atoms with Gasteiger partial charge < -0.3 is 10.1 Å². The number of halogens is 4. The Morgan fingerprint density at radius 2 is 1.71 bits per heavy atom. The van der Waals surface area contributed by atoms with Crippen LogP contribution in [0.1, 0.15) is 87.0 Å². The van der Waals surface area contributed by atoms with Crippen LogP contribution in [0.15, 0.2) is 24.0 Å². The van der Waals surface area contributed by atoms with Crippen LogP contribution in [0.5, 0.6) is 0 Å². The number of amides is 1. The molecule has 1 N–H and O–H groups in total. The van der Waals surface area contributed by atoms with E-state index in [4.69, 9.17) is 4.74 Å². The molecule has 0 fully saturated rings. The minimum atomic E-state index is -4.74. The lowest BCUT2D eigenvalue weighted by Gasteiger charge is -2.29. The van der Waals surface area contributed by atoms with Crippen molar-refractivity contribution in [2.45, 2.75) is 99.5 Å². The summed E-state index contributed by atoms with van der Waals surface area (Å²) in [5.41, 5.74) is -2.94. The van der Waals surface area contributed by atoms with Crippen LogP contribution < -0.4 is 5.32 Å². The summed E-state index contributed by atoms with van der Waals surface area (Å²) >= 11 is 0. The van der Waals surface area contributed by atoms with Crippen LogP contribution >= 0.6 is 0 Å². The number of Topliss-reactive ketones (excluding diaryl/α,β-unsaturated/α-hetero) is 1. The smallest absolute Gasteiger partial charge is 0.435 e. The molecule has 0 aliphatic heterocycles. The molecule has 200 valence electrons. The van der Waals surface area contributed by atoms with Crippen molar-refractivity contribution in [2.24, 2.45) is 5.92 Å². The molecule has 1 amide bonds. The molecule has 1 atom stereocenters. The lowest BCUT2D eigenvalue weighted by Crippen LogP contribution is -2.48. The number of allylic oxidation sites excluding steroid dienone is 4. The summed E-state index contributed by atoms with van der Waals surface area (Å²) in [7, 11) is 0. The fourth-order valence-electron chi connectivity index (χ4n) is 2.77. The first-order valence-electron chi connectivity index (χ1n) is 11.6. The minimum absolute atomic E-state index is 0.0295. The lowest BCUT2D eigenvalue weighted by atomic mass is 10.0. The standard InChI is InChI=1S/C23H33F4N3O3.C2H6/c1-9-14(2)10-16(11-17(24)15(3)31)18-12-19(23(25,26)27)29-30(18)13-22(7,8)28-20(32)33-21(4,5)6;1-2/h10-12,14H,9,13H2,1-8H3,(H,28,32);1-2H3/b16-10+,17-11+;. The van der Waals surface area contributed by atoms with Gasteiger partial charge in [-0.15, -0.1) is 0 Å². The third-order valence-electron chi connectivity index (χ3n) is 4.48. The molecular weight excluding hydrogens is 466 g/mol. The Bertz CT molecular complexity index is 923. The molecule has 0 radical (unpaired) electrons. The summed E-state index contributed by atoms with van der Waals surface area (Å²) in [6, 6.07) is 0.807. The molecule has 6 nitrogen and oxygen atoms in total. The van der Waals surface area contributed by atoms with E-state index in [2.05, 4.69) is 10.4 Å². The Morgan fingerprint density at radius 1 is 1.17 bits per heavy atom. The second-order valence-electron chi connectivity index (χ2n) is 9.64. The van der Waals surface area contributed by atoms with Gasteiger partial charge in [-0.3, -0.25) is 9.48 Å².